The van der Waals surface area contributed by atoms with Crippen molar-refractivity contribution < 1.29 is 14.3 Å². The van der Waals surface area contributed by atoms with Crippen molar-refractivity contribution in [2.45, 2.75) is 38.7 Å². The molecule has 0 aromatic rings. The lowest BCUT2D eigenvalue weighted by Gasteiger charge is -2.35. The molecule has 5 nitrogen and oxygen atoms in total. The van der Waals surface area contributed by atoms with E-state index >= 15 is 0 Å². The second-order valence-electron chi connectivity index (χ2n) is 5.29. The summed E-state index contributed by atoms with van der Waals surface area (Å²) in [4.78, 5) is 14.4. The van der Waals surface area contributed by atoms with Crippen molar-refractivity contribution in [3.05, 3.63) is 0 Å². The minimum absolute atomic E-state index is 0.0451. The molecule has 0 radical (unpaired) electrons. The van der Waals surface area contributed by atoms with Crippen LogP contribution in [-0.4, -0.2) is 49.8 Å². The summed E-state index contributed by atoms with van der Waals surface area (Å²) in [6, 6.07) is 2.24. The number of hydrogen-bond donors (Lipinski definition) is 0. The molecule has 0 spiro atoms. The van der Waals surface area contributed by atoms with Crippen LogP contribution in [0.4, 0.5) is 0 Å². The highest BCUT2D eigenvalue weighted by Crippen LogP contribution is 2.32. The van der Waals surface area contributed by atoms with Gasteiger partial charge in [-0.05, 0) is 32.6 Å². The molecule has 106 valence electrons. The fourth-order valence-electron chi connectivity index (χ4n) is 2.79. The molecule has 1 unspecified atom stereocenters. The van der Waals surface area contributed by atoms with Crippen LogP contribution in [0, 0.1) is 16.7 Å². The molecule has 19 heavy (non-hydrogen) atoms. The SMILES string of the molecule is CCN(CC1CCCO1)C(=O)C1(C#N)CCOCC1. The van der Waals surface area contributed by atoms with Gasteiger partial charge in [0.05, 0.1) is 12.2 Å². The average Bonchev–Trinajstić information content (AvgIpc) is 2.97. The van der Waals surface area contributed by atoms with Crippen molar-refractivity contribution >= 4 is 5.91 Å². The number of nitriles is 1. The van der Waals surface area contributed by atoms with Gasteiger partial charge in [0.2, 0.25) is 5.91 Å². The first-order valence-corrected chi connectivity index (χ1v) is 7.12. The van der Waals surface area contributed by atoms with Gasteiger partial charge >= 0.3 is 0 Å². The van der Waals surface area contributed by atoms with Crippen LogP contribution < -0.4 is 0 Å². The summed E-state index contributed by atoms with van der Waals surface area (Å²) < 4.78 is 10.9. The molecule has 0 bridgehead atoms. The van der Waals surface area contributed by atoms with Crippen LogP contribution in [0.5, 0.6) is 0 Å². The molecule has 2 rings (SSSR count). The van der Waals surface area contributed by atoms with E-state index in [0.717, 1.165) is 19.4 Å². The number of rotatable bonds is 4. The zero-order valence-corrected chi connectivity index (χ0v) is 11.6. The standard InChI is InChI=1S/C14H22N2O3/c1-2-16(10-12-4-3-7-19-12)13(17)14(11-15)5-8-18-9-6-14/h12H,2-10H2,1H3. The third-order valence-electron chi connectivity index (χ3n) is 4.09. The minimum atomic E-state index is -0.882. The topological polar surface area (TPSA) is 62.6 Å². The minimum Gasteiger partial charge on any atom is -0.381 e. The van der Waals surface area contributed by atoms with Crippen molar-refractivity contribution in [3.63, 3.8) is 0 Å². The molecule has 1 amide bonds. The van der Waals surface area contributed by atoms with E-state index in [1.54, 1.807) is 4.90 Å². The van der Waals surface area contributed by atoms with Crippen LogP contribution >= 0.6 is 0 Å². The zero-order chi connectivity index (χ0) is 13.7. The Bertz CT molecular complexity index is 352. The average molecular weight is 266 g/mol. The molecule has 0 saturated carbocycles. The summed E-state index contributed by atoms with van der Waals surface area (Å²) in [5.74, 6) is -0.0451. The molecule has 1 atom stereocenters. The first kappa shape index (κ1) is 14.3. The third-order valence-corrected chi connectivity index (χ3v) is 4.09. The number of carbonyl (C=O) groups is 1. The fourth-order valence-corrected chi connectivity index (χ4v) is 2.79. The van der Waals surface area contributed by atoms with E-state index in [4.69, 9.17) is 9.47 Å². The van der Waals surface area contributed by atoms with Gasteiger partial charge < -0.3 is 14.4 Å². The predicted octanol–water partition coefficient (Wildman–Crippen LogP) is 1.33. The van der Waals surface area contributed by atoms with Crippen LogP contribution in [0.25, 0.3) is 0 Å². The first-order chi connectivity index (χ1) is 9.22. The summed E-state index contributed by atoms with van der Waals surface area (Å²) in [6.45, 7) is 4.97. The van der Waals surface area contributed by atoms with Gasteiger partial charge in [0.1, 0.15) is 5.41 Å². The quantitative estimate of drug-likeness (QED) is 0.770. The Labute approximate surface area is 114 Å². The van der Waals surface area contributed by atoms with Crippen LogP contribution in [0.3, 0.4) is 0 Å². The lowest BCUT2D eigenvalue weighted by Crippen LogP contribution is -2.48. The van der Waals surface area contributed by atoms with Gasteiger partial charge in [0.25, 0.3) is 0 Å². The monoisotopic (exact) mass is 266 g/mol. The Hall–Kier alpha value is -1.12. The second kappa shape index (κ2) is 6.36. The van der Waals surface area contributed by atoms with Gasteiger partial charge in [0.15, 0.2) is 0 Å². The lowest BCUT2D eigenvalue weighted by molar-refractivity contribution is -0.144. The second-order valence-corrected chi connectivity index (χ2v) is 5.29. The van der Waals surface area contributed by atoms with E-state index in [1.807, 2.05) is 6.92 Å². The van der Waals surface area contributed by atoms with E-state index in [-0.39, 0.29) is 12.0 Å². The third kappa shape index (κ3) is 3.07. The summed E-state index contributed by atoms with van der Waals surface area (Å²) in [5.41, 5.74) is -0.882. The number of nitrogens with zero attached hydrogens (tertiary/aromatic N) is 2. The number of likely N-dealkylation sites (N-methyl/N-ethyl adjacent to an activating group) is 1. The highest BCUT2D eigenvalue weighted by atomic mass is 16.5. The van der Waals surface area contributed by atoms with Crippen LogP contribution in [-0.2, 0) is 14.3 Å². The van der Waals surface area contributed by atoms with Crippen molar-refractivity contribution in [3.8, 4) is 6.07 Å². The van der Waals surface area contributed by atoms with Crippen molar-refractivity contribution in [2.24, 2.45) is 5.41 Å². The highest BCUT2D eigenvalue weighted by molar-refractivity contribution is 5.85. The van der Waals surface area contributed by atoms with Gasteiger partial charge in [-0.1, -0.05) is 0 Å². The number of amides is 1. The predicted molar refractivity (Wildman–Crippen MR) is 69.3 cm³/mol. The highest BCUT2D eigenvalue weighted by Gasteiger charge is 2.43. The molecule has 5 heteroatoms. The summed E-state index contributed by atoms with van der Waals surface area (Å²) in [5, 5.41) is 9.43. The Morgan fingerprint density at radius 3 is 2.68 bits per heavy atom. The van der Waals surface area contributed by atoms with Crippen molar-refractivity contribution in [1.29, 1.82) is 5.26 Å². The van der Waals surface area contributed by atoms with E-state index in [0.29, 0.717) is 39.1 Å². The van der Waals surface area contributed by atoms with Crippen LogP contribution in [0.15, 0.2) is 0 Å². The van der Waals surface area contributed by atoms with Gasteiger partial charge in [-0.2, -0.15) is 5.26 Å². The summed E-state index contributed by atoms with van der Waals surface area (Å²) in [6.07, 6.45) is 3.22. The van der Waals surface area contributed by atoms with E-state index in [1.165, 1.54) is 0 Å². The Morgan fingerprint density at radius 1 is 1.42 bits per heavy atom. The first-order valence-electron chi connectivity index (χ1n) is 7.12. The normalized spacial score (nSPS) is 25.8. The van der Waals surface area contributed by atoms with Gasteiger partial charge in [-0.15, -0.1) is 0 Å². The molecule has 2 fully saturated rings. The molecule has 0 aliphatic carbocycles. The molecule has 2 aliphatic heterocycles. The number of ether oxygens (including phenoxy) is 2. The molecular weight excluding hydrogens is 244 g/mol. The molecule has 0 aromatic heterocycles. The maximum Gasteiger partial charge on any atom is 0.243 e. The van der Waals surface area contributed by atoms with Crippen molar-refractivity contribution in [2.75, 3.05) is 32.9 Å². The van der Waals surface area contributed by atoms with E-state index in [9.17, 15) is 10.1 Å². The van der Waals surface area contributed by atoms with E-state index < -0.39 is 5.41 Å². The van der Waals surface area contributed by atoms with Crippen molar-refractivity contribution in [1.82, 2.24) is 4.90 Å². The molecular formula is C14H22N2O3. The Balaban J connectivity index is 2.03. The largest absolute Gasteiger partial charge is 0.381 e. The molecule has 0 N–H and O–H groups in total. The Morgan fingerprint density at radius 2 is 2.16 bits per heavy atom. The Kier molecular flexibility index (Phi) is 4.78. The lowest BCUT2D eigenvalue weighted by atomic mass is 9.80. The molecule has 2 saturated heterocycles. The van der Waals surface area contributed by atoms with Gasteiger partial charge in [0, 0.05) is 32.9 Å². The zero-order valence-electron chi connectivity index (χ0n) is 11.6. The maximum absolute atomic E-state index is 12.7. The smallest absolute Gasteiger partial charge is 0.243 e. The molecule has 2 aliphatic rings. The van der Waals surface area contributed by atoms with Crippen LogP contribution in [0.2, 0.25) is 0 Å². The molecule has 2 heterocycles. The van der Waals surface area contributed by atoms with E-state index in [2.05, 4.69) is 6.07 Å². The summed E-state index contributed by atoms with van der Waals surface area (Å²) in [7, 11) is 0. The van der Waals surface area contributed by atoms with Gasteiger partial charge in [-0.25, -0.2) is 0 Å². The molecule has 0 aromatic carbocycles. The van der Waals surface area contributed by atoms with Gasteiger partial charge in [-0.3, -0.25) is 4.79 Å². The summed E-state index contributed by atoms with van der Waals surface area (Å²) >= 11 is 0. The van der Waals surface area contributed by atoms with Crippen LogP contribution in [0.1, 0.15) is 32.6 Å². The number of carbonyl (C=O) groups excluding carboxylic acids is 1. The maximum atomic E-state index is 12.7. The fraction of sp³-hybridized carbons (Fsp3) is 0.857. The number of hydrogen-bond acceptors (Lipinski definition) is 4.